The third-order valence-corrected chi connectivity index (χ3v) is 4.81. The van der Waals surface area contributed by atoms with Crippen LogP contribution in [0.2, 0.25) is 0 Å². The number of halogens is 1. The average Bonchev–Trinajstić information content (AvgIpc) is 2.58. The molecule has 0 aliphatic carbocycles. The zero-order valence-corrected chi connectivity index (χ0v) is 13.8. The Morgan fingerprint density at radius 1 is 1.33 bits per heavy atom. The summed E-state index contributed by atoms with van der Waals surface area (Å²) in [4.78, 5) is 4.80. The number of aryl methyl sites for hydroxylation is 1. The lowest BCUT2D eigenvalue weighted by molar-refractivity contribution is 0.0812. The molecule has 18 heavy (non-hydrogen) atoms. The molecule has 0 saturated carbocycles. The van der Waals surface area contributed by atoms with E-state index in [0.717, 1.165) is 11.5 Å². The van der Waals surface area contributed by atoms with Crippen LogP contribution in [0.15, 0.2) is 23.2 Å². The van der Waals surface area contributed by atoms with Crippen LogP contribution in [0.5, 0.6) is 0 Å². The van der Waals surface area contributed by atoms with Crippen molar-refractivity contribution in [1.82, 2.24) is 0 Å². The maximum Gasteiger partial charge on any atom is 0.218 e. The summed E-state index contributed by atoms with van der Waals surface area (Å²) in [6.45, 7) is 10.8. The molecule has 1 atom stereocenters. The van der Waals surface area contributed by atoms with E-state index in [-0.39, 0.29) is 11.6 Å². The van der Waals surface area contributed by atoms with Crippen LogP contribution in [0, 0.1) is 16.4 Å². The van der Waals surface area contributed by atoms with Gasteiger partial charge in [-0.1, -0.05) is 26.0 Å². The third-order valence-electron chi connectivity index (χ3n) is 3.38. The van der Waals surface area contributed by atoms with Gasteiger partial charge in [-0.25, -0.2) is 4.99 Å². The predicted octanol–water partition coefficient (Wildman–Crippen LogP) is 4.18. The molecule has 0 unspecified atom stereocenters. The van der Waals surface area contributed by atoms with Gasteiger partial charge in [0.2, 0.25) is 5.90 Å². The Labute approximate surface area is 123 Å². The van der Waals surface area contributed by atoms with Gasteiger partial charge in [-0.15, -0.1) is 0 Å². The van der Waals surface area contributed by atoms with E-state index >= 15 is 0 Å². The molecular weight excluding hydrogens is 337 g/mol. The number of hydrogen-bond donors (Lipinski definition) is 0. The first kappa shape index (κ1) is 13.8. The maximum absolute atomic E-state index is 6.09. The molecule has 98 valence electrons. The van der Waals surface area contributed by atoms with Crippen molar-refractivity contribution in [3.8, 4) is 0 Å². The number of ether oxygens (including phenoxy) is 1. The summed E-state index contributed by atoms with van der Waals surface area (Å²) in [5.41, 5.74) is 2.17. The van der Waals surface area contributed by atoms with E-state index in [0.29, 0.717) is 5.92 Å². The molecule has 1 heterocycles. The SMILES string of the molecule is Cc1cccc(C2=N[C@@H](C(C)C)C(C)(C)O2)c1I. The van der Waals surface area contributed by atoms with Crippen molar-refractivity contribution in [3.63, 3.8) is 0 Å². The second-order valence-corrected chi connectivity index (χ2v) is 6.84. The van der Waals surface area contributed by atoms with Gasteiger partial charge in [-0.05, 0) is 60.9 Å². The lowest BCUT2D eigenvalue weighted by Gasteiger charge is -2.27. The molecule has 0 amide bonds. The second-order valence-electron chi connectivity index (χ2n) is 5.77. The van der Waals surface area contributed by atoms with Crippen LogP contribution >= 0.6 is 22.6 Å². The molecule has 1 aliphatic rings. The third kappa shape index (κ3) is 2.42. The number of rotatable bonds is 2. The van der Waals surface area contributed by atoms with E-state index in [1.165, 1.54) is 9.13 Å². The highest BCUT2D eigenvalue weighted by Gasteiger charge is 2.40. The minimum absolute atomic E-state index is 0.212. The Kier molecular flexibility index (Phi) is 3.72. The zero-order valence-electron chi connectivity index (χ0n) is 11.6. The molecule has 0 radical (unpaired) electrons. The van der Waals surface area contributed by atoms with Gasteiger partial charge < -0.3 is 4.74 Å². The molecule has 0 fully saturated rings. The van der Waals surface area contributed by atoms with Crippen LogP contribution in [0.25, 0.3) is 0 Å². The van der Waals surface area contributed by atoms with Crippen LogP contribution in [0.4, 0.5) is 0 Å². The summed E-state index contributed by atoms with van der Waals surface area (Å²) >= 11 is 2.37. The minimum Gasteiger partial charge on any atom is -0.469 e. The Bertz CT molecular complexity index is 491. The van der Waals surface area contributed by atoms with Crippen LogP contribution in [0.3, 0.4) is 0 Å². The number of aliphatic imine (C=N–C) groups is 1. The van der Waals surface area contributed by atoms with Crippen molar-refractivity contribution in [1.29, 1.82) is 0 Å². The summed E-state index contributed by atoms with van der Waals surface area (Å²) in [6, 6.07) is 6.50. The van der Waals surface area contributed by atoms with Gasteiger partial charge in [0.1, 0.15) is 5.60 Å². The highest BCUT2D eigenvalue weighted by Crippen LogP contribution is 2.33. The topological polar surface area (TPSA) is 21.6 Å². The Hall–Kier alpha value is -0.580. The first-order valence-corrected chi connectivity index (χ1v) is 7.43. The molecule has 1 aromatic carbocycles. The van der Waals surface area contributed by atoms with Crippen LogP contribution in [-0.2, 0) is 4.74 Å². The molecule has 0 spiro atoms. The van der Waals surface area contributed by atoms with E-state index in [1.54, 1.807) is 0 Å². The molecule has 3 heteroatoms. The standard InChI is InChI=1S/C15H20INO/c1-9(2)13-15(4,5)18-14(17-13)11-8-6-7-10(3)12(11)16/h6-9,13H,1-5H3/t13-/m0/s1. The van der Waals surface area contributed by atoms with Gasteiger partial charge >= 0.3 is 0 Å². The van der Waals surface area contributed by atoms with E-state index in [2.05, 4.69) is 75.4 Å². The lowest BCUT2D eigenvalue weighted by atomic mass is 9.90. The molecule has 0 saturated heterocycles. The van der Waals surface area contributed by atoms with Gasteiger partial charge in [0, 0.05) is 9.13 Å². The normalized spacial score (nSPS) is 21.9. The first-order chi connectivity index (χ1) is 8.33. The van der Waals surface area contributed by atoms with Crippen molar-refractivity contribution < 1.29 is 4.74 Å². The van der Waals surface area contributed by atoms with Gasteiger partial charge in [0.15, 0.2) is 0 Å². The fraction of sp³-hybridized carbons (Fsp3) is 0.533. The smallest absolute Gasteiger partial charge is 0.218 e. The predicted molar refractivity (Wildman–Crippen MR) is 84.2 cm³/mol. The van der Waals surface area contributed by atoms with E-state index in [9.17, 15) is 0 Å². The highest BCUT2D eigenvalue weighted by atomic mass is 127. The van der Waals surface area contributed by atoms with Crippen molar-refractivity contribution in [3.05, 3.63) is 32.9 Å². The van der Waals surface area contributed by atoms with Gasteiger partial charge in [0.05, 0.1) is 6.04 Å². The van der Waals surface area contributed by atoms with Gasteiger partial charge in [0.25, 0.3) is 0 Å². The fourth-order valence-corrected chi connectivity index (χ4v) is 3.10. The summed E-state index contributed by atoms with van der Waals surface area (Å²) in [7, 11) is 0. The average molecular weight is 357 g/mol. The van der Waals surface area contributed by atoms with Crippen molar-refractivity contribution in [2.75, 3.05) is 0 Å². The summed E-state index contributed by atoms with van der Waals surface area (Å²) in [6.07, 6.45) is 0. The van der Waals surface area contributed by atoms with Crippen molar-refractivity contribution in [2.45, 2.75) is 46.3 Å². The number of nitrogens with zero attached hydrogens (tertiary/aromatic N) is 1. The Morgan fingerprint density at radius 2 is 2.00 bits per heavy atom. The lowest BCUT2D eigenvalue weighted by Crippen LogP contribution is -2.36. The Balaban J connectivity index is 2.42. The van der Waals surface area contributed by atoms with E-state index in [4.69, 9.17) is 9.73 Å². The number of benzene rings is 1. The molecule has 1 aliphatic heterocycles. The van der Waals surface area contributed by atoms with Gasteiger partial charge in [-0.2, -0.15) is 0 Å². The number of hydrogen-bond acceptors (Lipinski definition) is 2. The summed E-state index contributed by atoms with van der Waals surface area (Å²) in [5, 5.41) is 0. The summed E-state index contributed by atoms with van der Waals surface area (Å²) < 4.78 is 7.32. The molecule has 0 N–H and O–H groups in total. The van der Waals surface area contributed by atoms with Crippen LogP contribution in [-0.4, -0.2) is 17.5 Å². The quantitative estimate of drug-likeness (QED) is 0.728. The van der Waals surface area contributed by atoms with Crippen molar-refractivity contribution in [2.24, 2.45) is 10.9 Å². The highest BCUT2D eigenvalue weighted by molar-refractivity contribution is 14.1. The first-order valence-electron chi connectivity index (χ1n) is 6.35. The van der Waals surface area contributed by atoms with Crippen molar-refractivity contribution >= 4 is 28.5 Å². The summed E-state index contributed by atoms with van der Waals surface area (Å²) in [5.74, 6) is 1.28. The largest absolute Gasteiger partial charge is 0.469 e. The maximum atomic E-state index is 6.09. The molecule has 0 bridgehead atoms. The molecule has 0 aromatic heterocycles. The monoisotopic (exact) mass is 357 g/mol. The molecule has 1 aromatic rings. The second kappa shape index (κ2) is 4.83. The molecule has 2 rings (SSSR count). The fourth-order valence-electron chi connectivity index (χ4n) is 2.51. The van der Waals surface area contributed by atoms with E-state index < -0.39 is 0 Å². The minimum atomic E-state index is -0.212. The van der Waals surface area contributed by atoms with Crippen LogP contribution < -0.4 is 0 Å². The molecular formula is C15H20INO. The van der Waals surface area contributed by atoms with Crippen LogP contribution in [0.1, 0.15) is 38.8 Å². The molecule has 2 nitrogen and oxygen atoms in total. The Morgan fingerprint density at radius 3 is 2.56 bits per heavy atom. The van der Waals surface area contributed by atoms with E-state index in [1.807, 2.05) is 0 Å². The zero-order chi connectivity index (χ0) is 13.5. The van der Waals surface area contributed by atoms with Gasteiger partial charge in [-0.3, -0.25) is 0 Å².